The molecule has 0 aliphatic heterocycles. The monoisotopic (exact) mass is 156 g/mol. The van der Waals surface area contributed by atoms with Gasteiger partial charge in [-0.2, -0.15) is 0 Å². The molecule has 60 valence electrons. The molecule has 11 heavy (non-hydrogen) atoms. The number of ether oxygens (including phenoxy) is 2. The van der Waals surface area contributed by atoms with Crippen molar-refractivity contribution in [3.8, 4) is 11.8 Å². The van der Waals surface area contributed by atoms with E-state index in [2.05, 4.69) is 4.98 Å². The number of rotatable bonds is 2. The molecule has 5 heteroatoms. The maximum Gasteiger partial charge on any atom is 0.335 e. The second kappa shape index (κ2) is 3.05. The van der Waals surface area contributed by atoms with Crippen LogP contribution in [-0.4, -0.2) is 19.2 Å². The molecular weight excluding hydrogens is 148 g/mol. The molecule has 0 spiro atoms. The quantitative estimate of drug-likeness (QED) is 0.437. The summed E-state index contributed by atoms with van der Waals surface area (Å²) in [6.07, 6.45) is 1.08. The van der Waals surface area contributed by atoms with E-state index in [1.165, 1.54) is 20.3 Å². The lowest BCUT2D eigenvalue weighted by Gasteiger charge is -2.05. The molecular formula is C6H8N2O3. The van der Waals surface area contributed by atoms with Crippen molar-refractivity contribution in [3.63, 3.8) is 0 Å². The molecule has 1 rings (SSSR count). The molecule has 0 fully saturated rings. The highest BCUT2D eigenvalue weighted by Crippen LogP contribution is 2.09. The largest absolute Gasteiger partial charge is 0.708 e. The van der Waals surface area contributed by atoms with Gasteiger partial charge in [0.25, 0.3) is 12.2 Å². The van der Waals surface area contributed by atoms with E-state index in [0.29, 0.717) is 10.6 Å². The Morgan fingerprint density at radius 2 is 2.18 bits per heavy atom. The van der Waals surface area contributed by atoms with Crippen LogP contribution in [0.2, 0.25) is 0 Å². The standard InChI is InChI=1S/C6H8N2O3/c1-10-5-3-6(11-2)8(9)4-7-5/h3-4H,1-2H3. The summed E-state index contributed by atoms with van der Waals surface area (Å²) in [7, 11) is 2.88. The summed E-state index contributed by atoms with van der Waals surface area (Å²) in [5, 5.41) is 10.8. The minimum Gasteiger partial charge on any atom is -0.708 e. The van der Waals surface area contributed by atoms with E-state index in [-0.39, 0.29) is 5.88 Å². The highest BCUT2D eigenvalue weighted by Gasteiger charge is 2.06. The average Bonchev–Trinajstić information content (AvgIpc) is 2.05. The minimum atomic E-state index is 0.164. The van der Waals surface area contributed by atoms with Crippen LogP contribution in [0.4, 0.5) is 0 Å². The SMILES string of the molecule is COc1cc(OC)[n+]([O-])cn1. The number of hydrogen-bond donors (Lipinski definition) is 0. The zero-order valence-electron chi connectivity index (χ0n) is 6.27. The fourth-order valence-corrected chi connectivity index (χ4v) is 0.633. The van der Waals surface area contributed by atoms with E-state index in [9.17, 15) is 5.21 Å². The summed E-state index contributed by atoms with van der Waals surface area (Å²) in [5.74, 6) is 0.519. The highest BCUT2D eigenvalue weighted by molar-refractivity contribution is 5.13. The number of aromatic nitrogens is 2. The zero-order valence-corrected chi connectivity index (χ0v) is 6.27. The zero-order chi connectivity index (χ0) is 8.27. The molecule has 0 saturated heterocycles. The Bertz CT molecular complexity index is 252. The Kier molecular flexibility index (Phi) is 2.10. The molecule has 0 aliphatic carbocycles. The highest BCUT2D eigenvalue weighted by atomic mass is 16.5. The third-order valence-electron chi connectivity index (χ3n) is 1.17. The summed E-state index contributed by atoms with van der Waals surface area (Å²) in [6, 6.07) is 1.41. The first-order valence-electron chi connectivity index (χ1n) is 2.95. The molecule has 1 aromatic rings. The molecule has 0 saturated carbocycles. The lowest BCUT2D eigenvalue weighted by Crippen LogP contribution is -2.28. The lowest BCUT2D eigenvalue weighted by atomic mass is 10.6. The molecule has 0 aromatic carbocycles. The third kappa shape index (κ3) is 1.49. The topological polar surface area (TPSA) is 58.3 Å². The van der Waals surface area contributed by atoms with Gasteiger partial charge in [0.2, 0.25) is 0 Å². The first-order chi connectivity index (χ1) is 5.27. The molecule has 5 nitrogen and oxygen atoms in total. The van der Waals surface area contributed by atoms with Crippen molar-refractivity contribution >= 4 is 0 Å². The van der Waals surface area contributed by atoms with Crippen molar-refractivity contribution in [2.45, 2.75) is 0 Å². The molecule has 1 heterocycles. The predicted octanol–water partition coefficient (Wildman–Crippen LogP) is -0.268. The van der Waals surface area contributed by atoms with Crippen molar-refractivity contribution in [2.24, 2.45) is 0 Å². The van der Waals surface area contributed by atoms with Gasteiger partial charge in [-0.15, -0.1) is 0 Å². The molecule has 0 radical (unpaired) electrons. The van der Waals surface area contributed by atoms with Crippen LogP contribution < -0.4 is 14.2 Å². The molecule has 0 unspecified atom stereocenters. The van der Waals surface area contributed by atoms with Crippen LogP contribution in [0.15, 0.2) is 12.4 Å². The summed E-state index contributed by atoms with van der Waals surface area (Å²) >= 11 is 0. The maximum atomic E-state index is 10.8. The number of nitrogens with zero attached hydrogens (tertiary/aromatic N) is 2. The van der Waals surface area contributed by atoms with Gasteiger partial charge in [-0.25, -0.2) is 4.73 Å². The molecule has 0 aliphatic rings. The van der Waals surface area contributed by atoms with Crippen molar-refractivity contribution in [2.75, 3.05) is 14.2 Å². The van der Waals surface area contributed by atoms with Crippen LogP contribution in [0, 0.1) is 5.21 Å². The fourth-order valence-electron chi connectivity index (χ4n) is 0.633. The van der Waals surface area contributed by atoms with Crippen LogP contribution in [0.5, 0.6) is 11.8 Å². The van der Waals surface area contributed by atoms with Crippen LogP contribution >= 0.6 is 0 Å². The van der Waals surface area contributed by atoms with Crippen LogP contribution in [0.1, 0.15) is 0 Å². The number of methoxy groups -OCH3 is 2. The molecule has 0 N–H and O–H groups in total. The van der Waals surface area contributed by atoms with Gasteiger partial charge in [-0.3, -0.25) is 0 Å². The second-order valence-corrected chi connectivity index (χ2v) is 1.80. The molecule has 0 bridgehead atoms. The molecule has 0 amide bonds. The first kappa shape index (κ1) is 7.59. The fraction of sp³-hybridized carbons (Fsp3) is 0.333. The van der Waals surface area contributed by atoms with Gasteiger partial charge in [0.15, 0.2) is 0 Å². The van der Waals surface area contributed by atoms with Crippen LogP contribution in [-0.2, 0) is 0 Å². The Hall–Kier alpha value is -1.52. The van der Waals surface area contributed by atoms with Gasteiger partial charge in [-0.1, -0.05) is 0 Å². The van der Waals surface area contributed by atoms with Crippen molar-refractivity contribution in [1.82, 2.24) is 4.98 Å². The van der Waals surface area contributed by atoms with Crippen LogP contribution in [0.3, 0.4) is 0 Å². The van der Waals surface area contributed by atoms with Crippen molar-refractivity contribution in [3.05, 3.63) is 17.6 Å². The Labute approximate surface area is 63.8 Å². The van der Waals surface area contributed by atoms with E-state index < -0.39 is 0 Å². The van der Waals surface area contributed by atoms with E-state index in [0.717, 1.165) is 6.33 Å². The normalized spacial score (nSPS) is 9.27. The van der Waals surface area contributed by atoms with E-state index in [4.69, 9.17) is 9.47 Å². The number of hydrogen-bond acceptors (Lipinski definition) is 4. The summed E-state index contributed by atoms with van der Waals surface area (Å²) in [5.41, 5.74) is 0. The van der Waals surface area contributed by atoms with Gasteiger partial charge in [0.1, 0.15) is 6.07 Å². The van der Waals surface area contributed by atoms with Crippen molar-refractivity contribution in [1.29, 1.82) is 0 Å². The Morgan fingerprint density at radius 3 is 2.73 bits per heavy atom. The predicted molar refractivity (Wildman–Crippen MR) is 36.3 cm³/mol. The van der Waals surface area contributed by atoms with Gasteiger partial charge >= 0.3 is 5.88 Å². The maximum absolute atomic E-state index is 10.8. The van der Waals surface area contributed by atoms with E-state index in [1.807, 2.05) is 0 Å². The van der Waals surface area contributed by atoms with E-state index in [1.54, 1.807) is 0 Å². The van der Waals surface area contributed by atoms with Crippen molar-refractivity contribution < 1.29 is 14.2 Å². The lowest BCUT2D eigenvalue weighted by molar-refractivity contribution is -0.615. The van der Waals surface area contributed by atoms with Gasteiger partial charge < -0.3 is 14.7 Å². The minimum absolute atomic E-state index is 0.164. The summed E-state index contributed by atoms with van der Waals surface area (Å²) < 4.78 is 10.0. The van der Waals surface area contributed by atoms with Gasteiger partial charge in [-0.05, 0) is 4.98 Å². The Morgan fingerprint density at radius 1 is 1.45 bits per heavy atom. The Balaban J connectivity index is 3.02. The molecule has 1 aromatic heterocycles. The average molecular weight is 156 g/mol. The second-order valence-electron chi connectivity index (χ2n) is 1.80. The summed E-state index contributed by atoms with van der Waals surface area (Å²) in [4.78, 5) is 3.65. The van der Waals surface area contributed by atoms with E-state index >= 15 is 0 Å². The molecule has 0 atom stereocenters. The van der Waals surface area contributed by atoms with Gasteiger partial charge in [0.05, 0.1) is 14.2 Å². The first-order valence-corrected chi connectivity index (χ1v) is 2.95. The van der Waals surface area contributed by atoms with Gasteiger partial charge in [0, 0.05) is 0 Å². The smallest absolute Gasteiger partial charge is 0.335 e. The summed E-state index contributed by atoms with van der Waals surface area (Å²) in [6.45, 7) is 0. The third-order valence-corrected chi connectivity index (χ3v) is 1.17. The van der Waals surface area contributed by atoms with Crippen LogP contribution in [0.25, 0.3) is 0 Å².